The van der Waals surface area contributed by atoms with Crippen molar-refractivity contribution in [3.8, 4) is 78.6 Å². The van der Waals surface area contributed by atoms with Crippen LogP contribution in [0.2, 0.25) is 0 Å². The molecule has 9 rings (SSSR count). The molecule has 0 radical (unpaired) electrons. The van der Waals surface area contributed by atoms with Gasteiger partial charge < -0.3 is 5.11 Å². The molecule has 0 aliphatic heterocycles. The van der Waals surface area contributed by atoms with Gasteiger partial charge in [-0.05, 0) is 126 Å². The first-order valence-electron chi connectivity index (χ1n) is 27.8. The van der Waals surface area contributed by atoms with E-state index in [1.807, 2.05) is 95.7 Å². The summed E-state index contributed by atoms with van der Waals surface area (Å²) >= 11 is 0. The molecule has 0 fully saturated rings. The molecule has 0 bridgehead atoms. The molecule has 0 saturated carbocycles. The second-order valence-electron chi connectivity index (χ2n) is 21.1. The average Bonchev–Trinajstić information content (AvgIpc) is 4.01. The van der Waals surface area contributed by atoms with Gasteiger partial charge in [0.1, 0.15) is 11.6 Å². The Balaban J connectivity index is 1.41. The van der Waals surface area contributed by atoms with E-state index in [0.717, 1.165) is 73.0 Å². The molecular weight excluding hydrogens is 827 g/mol. The second kappa shape index (κ2) is 17.2. The molecule has 0 unspecified atom stereocenters. The number of hydrogen-bond donors (Lipinski definition) is 1. The zero-order valence-electron chi connectivity index (χ0n) is 49.5. The number of benzene rings is 7. The fourth-order valence-electron chi connectivity index (χ4n) is 8.97. The summed E-state index contributed by atoms with van der Waals surface area (Å²) in [4.78, 5) is 10.4. The highest BCUT2D eigenvalue weighted by Crippen LogP contribution is 2.46. The zero-order chi connectivity index (χ0) is 55.8. The molecule has 7 aromatic carbocycles. The predicted molar refractivity (Wildman–Crippen MR) is 288 cm³/mol. The molecule has 4 heteroatoms. The Hall–Kier alpha value is -7.04. The number of rotatable bonds is 7. The van der Waals surface area contributed by atoms with E-state index in [4.69, 9.17) is 22.3 Å². The van der Waals surface area contributed by atoms with Gasteiger partial charge in [-0.25, -0.2) is 4.98 Å². The first-order valence-corrected chi connectivity index (χ1v) is 23.3. The Bertz CT molecular complexity index is 3550. The van der Waals surface area contributed by atoms with Gasteiger partial charge in [-0.1, -0.05) is 192 Å². The molecule has 0 saturated heterocycles. The Morgan fingerprint density at radius 3 is 1.57 bits per heavy atom. The molecule has 342 valence electrons. The first kappa shape index (κ1) is 36.1. The average molecular weight is 901 g/mol. The van der Waals surface area contributed by atoms with E-state index >= 15 is 0 Å². The largest absolute Gasteiger partial charge is 0.507 e. The van der Waals surface area contributed by atoms with Crippen molar-refractivity contribution in [2.45, 2.75) is 105 Å². The minimum atomic E-state index is -3.56. The zero-order valence-corrected chi connectivity index (χ0v) is 40.5. The summed E-state index contributed by atoms with van der Waals surface area (Å²) in [6.07, 6.45) is 1.83. The summed E-state index contributed by atoms with van der Waals surface area (Å²) in [6.45, 7) is 8.87. The standard InChI is InChI=1S/C64H65N3O/c1-61(2,3)47-28-26-41(27-29-47)44-32-33-65-55(37-44)46-34-45(35-49(36-46)63(7,8)9)51-24-19-25-56-58(51)66-60(54-38-48(62(4,5)6)30-31-57(54)68)67(56)59-52(42-20-15-13-16-21-42)39-50(64(10,11)12)40-53(59)43-22-17-14-18-23-43/h13-40,68H,1-12H3/i4D3,5D3,6D3. The van der Waals surface area contributed by atoms with Crippen LogP contribution in [-0.4, -0.2) is 19.6 Å². The molecule has 2 aromatic heterocycles. The fourth-order valence-corrected chi connectivity index (χ4v) is 8.97. The molecule has 1 N–H and O–H groups in total. The summed E-state index contributed by atoms with van der Waals surface area (Å²) in [5.41, 5.74) is 9.23. The lowest BCUT2D eigenvalue weighted by molar-refractivity contribution is 0.475. The van der Waals surface area contributed by atoms with Crippen molar-refractivity contribution < 1.29 is 17.4 Å². The van der Waals surface area contributed by atoms with Crippen LogP contribution >= 0.6 is 0 Å². The molecule has 0 spiro atoms. The molecule has 4 nitrogen and oxygen atoms in total. The van der Waals surface area contributed by atoms with Crippen molar-refractivity contribution >= 4 is 11.0 Å². The molecule has 0 aliphatic carbocycles. The predicted octanol–water partition coefficient (Wildman–Crippen LogP) is 17.3. The number of imidazole rings is 1. The number of pyridine rings is 1. The van der Waals surface area contributed by atoms with Crippen molar-refractivity contribution in [2.24, 2.45) is 0 Å². The minimum absolute atomic E-state index is 0.00577. The Morgan fingerprint density at radius 1 is 0.426 bits per heavy atom. The van der Waals surface area contributed by atoms with E-state index in [1.54, 1.807) is 0 Å². The van der Waals surface area contributed by atoms with Crippen molar-refractivity contribution in [3.63, 3.8) is 0 Å². The van der Waals surface area contributed by atoms with Crippen molar-refractivity contribution in [3.05, 3.63) is 192 Å². The second-order valence-corrected chi connectivity index (χ2v) is 21.1. The summed E-state index contributed by atoms with van der Waals surface area (Å²) in [5.74, 6) is -0.244. The van der Waals surface area contributed by atoms with Crippen molar-refractivity contribution in [1.82, 2.24) is 14.5 Å². The van der Waals surface area contributed by atoms with E-state index in [9.17, 15) is 5.11 Å². The normalized spacial score (nSPS) is 15.0. The van der Waals surface area contributed by atoms with Crippen LogP contribution in [0, 0.1) is 0 Å². The Labute approximate surface area is 417 Å². The van der Waals surface area contributed by atoms with E-state index in [2.05, 4.69) is 123 Å². The summed E-state index contributed by atoms with van der Waals surface area (Å²) in [5, 5.41) is 12.2. The lowest BCUT2D eigenvalue weighted by atomic mass is 9.82. The van der Waals surface area contributed by atoms with Crippen LogP contribution in [0.4, 0.5) is 0 Å². The lowest BCUT2D eigenvalue weighted by Gasteiger charge is -2.26. The molecule has 0 aliphatic rings. The third-order valence-electron chi connectivity index (χ3n) is 13.0. The number of phenolic OH excluding ortho intramolecular Hbond substituents is 1. The van der Waals surface area contributed by atoms with E-state index in [1.165, 1.54) is 17.7 Å². The molecule has 2 heterocycles. The van der Waals surface area contributed by atoms with Crippen LogP contribution < -0.4 is 0 Å². The summed E-state index contributed by atoms with van der Waals surface area (Å²) < 4.78 is 80.0. The van der Waals surface area contributed by atoms with Gasteiger partial charge in [0.05, 0.1) is 28.0 Å². The quantitative estimate of drug-likeness (QED) is 0.173. The highest BCUT2D eigenvalue weighted by molar-refractivity contribution is 5.99. The molecule has 0 atom stereocenters. The van der Waals surface area contributed by atoms with Gasteiger partial charge in [-0.3, -0.25) is 9.55 Å². The van der Waals surface area contributed by atoms with Crippen LogP contribution in [-0.2, 0) is 21.7 Å². The summed E-state index contributed by atoms with van der Waals surface area (Å²) in [6, 6.07) is 52.8. The number of phenols is 1. The van der Waals surface area contributed by atoms with Crippen LogP contribution in [0.3, 0.4) is 0 Å². The molecule has 68 heavy (non-hydrogen) atoms. The van der Waals surface area contributed by atoms with Gasteiger partial charge in [0.15, 0.2) is 0 Å². The lowest BCUT2D eigenvalue weighted by Crippen LogP contribution is -2.13. The smallest absolute Gasteiger partial charge is 0.149 e. The van der Waals surface area contributed by atoms with E-state index in [0.29, 0.717) is 16.7 Å². The maximum absolute atomic E-state index is 12.2. The Kier molecular flexibility index (Phi) is 9.14. The van der Waals surface area contributed by atoms with Gasteiger partial charge >= 0.3 is 0 Å². The monoisotopic (exact) mass is 901 g/mol. The molecule has 0 amide bonds. The SMILES string of the molecule is [2H]C([2H])([2H])C(c1ccc(O)c(-c2nc3c(-c4cc(-c5cc(-c6ccc(C(C)(C)C)cc6)ccn5)cc(C(C)(C)C)c4)cccc3n2-c2c(-c3ccccc3)cc(C(C)(C)C)cc2-c2ccccc2)c1)(C([2H])([2H])[2H])C([2H])([2H])[2H]. The third kappa shape index (κ3) is 9.05. The maximum atomic E-state index is 12.2. The van der Waals surface area contributed by atoms with Crippen molar-refractivity contribution in [1.29, 1.82) is 0 Å². The van der Waals surface area contributed by atoms with Gasteiger partial charge in [-0.2, -0.15) is 0 Å². The number of fused-ring (bicyclic) bond motifs is 1. The minimum Gasteiger partial charge on any atom is -0.507 e. The number of hydrogen-bond acceptors (Lipinski definition) is 3. The third-order valence-corrected chi connectivity index (χ3v) is 13.0. The van der Waals surface area contributed by atoms with Crippen LogP contribution in [0.25, 0.3) is 83.9 Å². The highest BCUT2D eigenvalue weighted by Gasteiger charge is 2.29. The number of aromatic hydroxyl groups is 1. The van der Waals surface area contributed by atoms with E-state index in [-0.39, 0.29) is 33.4 Å². The number of nitrogens with zero attached hydrogens (tertiary/aromatic N) is 3. The van der Waals surface area contributed by atoms with Crippen molar-refractivity contribution in [2.75, 3.05) is 0 Å². The number of aromatic nitrogens is 3. The van der Waals surface area contributed by atoms with Gasteiger partial charge in [-0.15, -0.1) is 0 Å². The van der Waals surface area contributed by atoms with E-state index < -0.39 is 31.5 Å². The van der Waals surface area contributed by atoms with Gasteiger partial charge in [0.2, 0.25) is 0 Å². The molecule has 9 aromatic rings. The Morgan fingerprint density at radius 2 is 0.985 bits per heavy atom. The highest BCUT2D eigenvalue weighted by atomic mass is 16.3. The topological polar surface area (TPSA) is 50.9 Å². The fraction of sp³-hybridized carbons (Fsp3) is 0.250. The number of para-hydroxylation sites is 1. The maximum Gasteiger partial charge on any atom is 0.149 e. The van der Waals surface area contributed by atoms with Crippen LogP contribution in [0.15, 0.2) is 170 Å². The summed E-state index contributed by atoms with van der Waals surface area (Å²) in [7, 11) is 0. The van der Waals surface area contributed by atoms with Gasteiger partial charge in [0, 0.05) is 40.8 Å². The van der Waals surface area contributed by atoms with Crippen LogP contribution in [0.1, 0.15) is 117 Å². The first-order chi connectivity index (χ1) is 35.9. The molecular formula is C64H65N3O. The van der Waals surface area contributed by atoms with Gasteiger partial charge in [0.25, 0.3) is 0 Å². The van der Waals surface area contributed by atoms with Crippen LogP contribution in [0.5, 0.6) is 5.75 Å².